The number of imide groups is 1. The van der Waals surface area contributed by atoms with E-state index < -0.39 is 34.3 Å². The van der Waals surface area contributed by atoms with Gasteiger partial charge >= 0.3 is 5.97 Å². The largest absolute Gasteiger partial charge is 0.504 e. The van der Waals surface area contributed by atoms with E-state index in [4.69, 9.17) is 4.74 Å². The van der Waals surface area contributed by atoms with Crippen molar-refractivity contribution < 1.29 is 33.9 Å². The van der Waals surface area contributed by atoms with Gasteiger partial charge in [-0.2, -0.15) is 0 Å². The van der Waals surface area contributed by atoms with Gasteiger partial charge in [-0.15, -0.1) is 0 Å². The number of nitro groups is 1. The molecule has 0 bridgehead atoms. The molecule has 1 N–H and O–H groups in total. The molecule has 0 atom stereocenters. The van der Waals surface area contributed by atoms with Crippen LogP contribution in [0.1, 0.15) is 12.5 Å². The number of ether oxygens (including phenoxy) is 2. The van der Waals surface area contributed by atoms with Crippen LogP contribution in [0.4, 0.5) is 10.5 Å². The second kappa shape index (κ2) is 7.87. The van der Waals surface area contributed by atoms with Crippen molar-refractivity contribution in [3.63, 3.8) is 0 Å². The topological polar surface area (TPSA) is 136 Å². The smallest absolute Gasteiger partial charge is 0.325 e. The molecule has 10 nitrogen and oxygen atoms in total. The second-order valence-corrected chi connectivity index (χ2v) is 5.91. The summed E-state index contributed by atoms with van der Waals surface area (Å²) >= 11 is 0.540. The molecule has 0 unspecified atom stereocenters. The number of carbonyl (C=O) groups is 3. The number of phenolic OH excluding ortho intramolecular Hbond substituents is 1. The van der Waals surface area contributed by atoms with Crippen LogP contribution in [0.3, 0.4) is 0 Å². The Kier molecular flexibility index (Phi) is 5.82. The third-order valence-electron chi connectivity index (χ3n) is 3.27. The maximum absolute atomic E-state index is 12.3. The number of rotatable bonds is 6. The zero-order valence-electron chi connectivity index (χ0n) is 13.8. The molecular weight excluding hydrogens is 368 g/mol. The lowest BCUT2D eigenvalue weighted by molar-refractivity contribution is -0.385. The number of methoxy groups -OCH3 is 1. The number of thioether (sulfide) groups is 1. The number of amides is 2. The van der Waals surface area contributed by atoms with E-state index in [0.29, 0.717) is 16.7 Å². The van der Waals surface area contributed by atoms with Gasteiger partial charge in [0.05, 0.1) is 29.6 Å². The first-order valence-corrected chi connectivity index (χ1v) is 8.06. The molecule has 1 fully saturated rings. The van der Waals surface area contributed by atoms with E-state index in [9.17, 15) is 29.6 Å². The molecule has 1 heterocycles. The monoisotopic (exact) mass is 382 g/mol. The molecule has 0 spiro atoms. The van der Waals surface area contributed by atoms with Crippen molar-refractivity contribution in [3.8, 4) is 11.5 Å². The van der Waals surface area contributed by atoms with Crippen LogP contribution in [0, 0.1) is 10.1 Å². The molecule has 0 saturated carbocycles. The van der Waals surface area contributed by atoms with Gasteiger partial charge in [-0.25, -0.2) is 0 Å². The van der Waals surface area contributed by atoms with Gasteiger partial charge in [0, 0.05) is 11.6 Å². The molecule has 2 amide bonds. The zero-order chi connectivity index (χ0) is 19.4. The Hall–Kier alpha value is -3.08. The predicted molar refractivity (Wildman–Crippen MR) is 90.6 cm³/mol. The highest BCUT2D eigenvalue weighted by atomic mass is 32.2. The van der Waals surface area contributed by atoms with Crippen molar-refractivity contribution in [2.45, 2.75) is 6.92 Å². The van der Waals surface area contributed by atoms with E-state index in [-0.39, 0.29) is 28.5 Å². The summed E-state index contributed by atoms with van der Waals surface area (Å²) < 4.78 is 9.58. The van der Waals surface area contributed by atoms with Crippen molar-refractivity contribution >= 4 is 40.6 Å². The van der Waals surface area contributed by atoms with Gasteiger partial charge in [0.25, 0.3) is 16.8 Å². The number of esters is 1. The summed E-state index contributed by atoms with van der Waals surface area (Å²) in [5.74, 6) is -2.07. The van der Waals surface area contributed by atoms with Crippen molar-refractivity contribution in [2.75, 3.05) is 20.3 Å². The Morgan fingerprint density at radius 1 is 1.42 bits per heavy atom. The number of hydrogen-bond acceptors (Lipinski definition) is 9. The van der Waals surface area contributed by atoms with Crippen molar-refractivity contribution in [3.05, 3.63) is 32.7 Å². The highest BCUT2D eigenvalue weighted by Gasteiger charge is 2.37. The summed E-state index contributed by atoms with van der Waals surface area (Å²) in [6, 6.07) is 2.10. The minimum absolute atomic E-state index is 0.0637. The molecule has 0 aromatic heterocycles. The van der Waals surface area contributed by atoms with Crippen LogP contribution < -0.4 is 4.74 Å². The maximum Gasteiger partial charge on any atom is 0.325 e. The molecule has 1 aliphatic rings. The fourth-order valence-electron chi connectivity index (χ4n) is 2.07. The zero-order valence-corrected chi connectivity index (χ0v) is 14.6. The molecule has 2 rings (SSSR count). The fraction of sp³-hybridized carbons (Fsp3) is 0.267. The third kappa shape index (κ3) is 3.94. The number of hydrogen-bond donors (Lipinski definition) is 1. The van der Waals surface area contributed by atoms with E-state index in [2.05, 4.69) is 4.74 Å². The number of nitrogens with zero attached hydrogens (tertiary/aromatic N) is 2. The van der Waals surface area contributed by atoms with Gasteiger partial charge in [-0.05, 0) is 24.8 Å². The van der Waals surface area contributed by atoms with Crippen LogP contribution in [0.15, 0.2) is 17.0 Å². The van der Waals surface area contributed by atoms with E-state index in [1.807, 2.05) is 0 Å². The molecule has 26 heavy (non-hydrogen) atoms. The van der Waals surface area contributed by atoms with Crippen LogP contribution in [0.25, 0.3) is 6.08 Å². The number of nitro benzene ring substituents is 1. The third-order valence-corrected chi connectivity index (χ3v) is 4.18. The minimum atomic E-state index is -0.773. The summed E-state index contributed by atoms with van der Waals surface area (Å²) in [6.07, 6.45) is 1.13. The van der Waals surface area contributed by atoms with Crippen LogP contribution in [0.2, 0.25) is 0 Å². The number of carbonyl (C=O) groups excluding carboxylic acids is 3. The van der Waals surface area contributed by atoms with Gasteiger partial charge in [0.2, 0.25) is 0 Å². The van der Waals surface area contributed by atoms with Gasteiger partial charge in [-0.1, -0.05) is 0 Å². The van der Waals surface area contributed by atoms with Crippen LogP contribution in [-0.4, -0.2) is 52.3 Å². The highest BCUT2D eigenvalue weighted by molar-refractivity contribution is 8.18. The Bertz CT molecular complexity index is 820. The molecule has 1 saturated heterocycles. The predicted octanol–water partition coefficient (Wildman–Crippen LogP) is 1.91. The van der Waals surface area contributed by atoms with Gasteiger partial charge in [0.1, 0.15) is 6.54 Å². The van der Waals surface area contributed by atoms with E-state index >= 15 is 0 Å². The lowest BCUT2D eigenvalue weighted by Gasteiger charge is -2.10. The summed E-state index contributed by atoms with van der Waals surface area (Å²) in [4.78, 5) is 46.4. The molecule has 0 aliphatic carbocycles. The van der Waals surface area contributed by atoms with Crippen molar-refractivity contribution in [2.24, 2.45) is 0 Å². The molecule has 1 aliphatic heterocycles. The molecule has 1 aromatic carbocycles. The van der Waals surface area contributed by atoms with Crippen LogP contribution >= 0.6 is 11.8 Å². The van der Waals surface area contributed by atoms with E-state index in [1.165, 1.54) is 0 Å². The average molecular weight is 382 g/mol. The van der Waals surface area contributed by atoms with Gasteiger partial charge in [0.15, 0.2) is 11.5 Å². The summed E-state index contributed by atoms with van der Waals surface area (Å²) in [5, 5.41) is 20.6. The Balaban J connectivity index is 2.42. The van der Waals surface area contributed by atoms with E-state index in [0.717, 1.165) is 25.3 Å². The average Bonchev–Trinajstić information content (AvgIpc) is 2.85. The molecule has 0 radical (unpaired) electrons. The normalized spacial score (nSPS) is 15.5. The Morgan fingerprint density at radius 2 is 2.12 bits per heavy atom. The summed E-state index contributed by atoms with van der Waals surface area (Å²) in [6.45, 7) is 1.24. The first-order chi connectivity index (χ1) is 12.3. The van der Waals surface area contributed by atoms with Crippen LogP contribution in [0.5, 0.6) is 11.5 Å². The molecule has 1 aromatic rings. The summed E-state index contributed by atoms with van der Waals surface area (Å²) in [5.41, 5.74) is -0.419. The molecule has 138 valence electrons. The maximum atomic E-state index is 12.3. The van der Waals surface area contributed by atoms with Gasteiger partial charge < -0.3 is 14.6 Å². The van der Waals surface area contributed by atoms with Crippen molar-refractivity contribution in [1.82, 2.24) is 4.90 Å². The number of non-ortho nitro benzene ring substituents is 1. The summed E-state index contributed by atoms with van der Waals surface area (Å²) in [7, 11) is 1.12. The quantitative estimate of drug-likeness (QED) is 0.338. The number of aromatic hydroxyl groups is 1. The van der Waals surface area contributed by atoms with Crippen molar-refractivity contribution in [1.29, 1.82) is 0 Å². The Morgan fingerprint density at radius 3 is 2.69 bits per heavy atom. The minimum Gasteiger partial charge on any atom is -0.504 e. The second-order valence-electron chi connectivity index (χ2n) is 4.92. The lowest BCUT2D eigenvalue weighted by Crippen LogP contribution is -2.34. The van der Waals surface area contributed by atoms with E-state index in [1.54, 1.807) is 6.92 Å². The van der Waals surface area contributed by atoms with Gasteiger partial charge in [-0.3, -0.25) is 29.4 Å². The fourth-order valence-corrected chi connectivity index (χ4v) is 2.90. The first-order valence-electron chi connectivity index (χ1n) is 7.24. The lowest BCUT2D eigenvalue weighted by atomic mass is 10.1. The Labute approximate surface area is 151 Å². The number of phenols is 1. The molecule has 11 heteroatoms. The standard InChI is InChI=1S/C15H14N2O8S/c1-3-25-10-6-9(17(22)23)4-8(13(10)19)5-11-14(20)16(15(21)26-11)7-12(18)24-2/h4-6,19H,3,7H2,1-2H3/b11-5-. The highest BCUT2D eigenvalue weighted by Crippen LogP contribution is 2.39. The molecular formula is C15H14N2O8S. The van der Waals surface area contributed by atoms with Crippen LogP contribution in [-0.2, 0) is 14.3 Å². The number of benzene rings is 1. The SMILES string of the molecule is CCOc1cc([N+](=O)[O-])cc(/C=C2\SC(=O)N(CC(=O)OC)C2=O)c1O. The first kappa shape index (κ1) is 19.2.